The topological polar surface area (TPSA) is 104 Å². The van der Waals surface area contributed by atoms with Gasteiger partial charge in [-0.05, 0) is 31.2 Å². The Balaban J connectivity index is 1.05. The molecule has 3 aromatic rings. The maximum absolute atomic E-state index is 12.5. The van der Waals surface area contributed by atoms with E-state index in [9.17, 15) is 4.79 Å². The van der Waals surface area contributed by atoms with Crippen molar-refractivity contribution in [3.63, 3.8) is 0 Å². The molecule has 1 fully saturated rings. The van der Waals surface area contributed by atoms with Crippen LogP contribution in [0.15, 0.2) is 36.5 Å². The molecular weight excluding hydrogens is 452 g/mol. The molecule has 10 nitrogen and oxygen atoms in total. The van der Waals surface area contributed by atoms with Crippen molar-refractivity contribution in [1.29, 1.82) is 0 Å². The number of pyridine rings is 2. The maximum atomic E-state index is 12.5. The summed E-state index contributed by atoms with van der Waals surface area (Å²) in [5.74, 6) is 2.88. The second-order valence-corrected chi connectivity index (χ2v) is 8.70. The maximum Gasteiger partial charge on any atom is 0.414 e. The van der Waals surface area contributed by atoms with E-state index in [0.717, 1.165) is 41.0 Å². The summed E-state index contributed by atoms with van der Waals surface area (Å²) in [6.45, 7) is 3.41. The fraction of sp³-hybridized carbons (Fsp3) is 0.400. The van der Waals surface area contributed by atoms with Gasteiger partial charge in [0.05, 0.1) is 37.7 Å². The van der Waals surface area contributed by atoms with Crippen LogP contribution in [0.5, 0.6) is 23.1 Å². The Morgan fingerprint density at radius 3 is 2.89 bits per heavy atom. The number of fused-ring (bicyclic) bond motifs is 4. The first-order chi connectivity index (χ1) is 17.2. The summed E-state index contributed by atoms with van der Waals surface area (Å²) in [4.78, 5) is 23.2. The average molecular weight is 479 g/mol. The number of benzene rings is 1. The summed E-state index contributed by atoms with van der Waals surface area (Å²) in [6, 6.07) is 9.23. The Morgan fingerprint density at radius 2 is 2.00 bits per heavy atom. The third-order valence-corrected chi connectivity index (χ3v) is 6.50. The van der Waals surface area contributed by atoms with Gasteiger partial charge < -0.3 is 29.0 Å². The highest BCUT2D eigenvalue weighted by atomic mass is 16.6. The number of hydrogen-bond donors (Lipinski definition) is 1. The Hall–Kier alpha value is -3.79. The molecule has 3 aliphatic heterocycles. The molecule has 0 aliphatic carbocycles. The van der Waals surface area contributed by atoms with Gasteiger partial charge in [-0.1, -0.05) is 0 Å². The molecular formula is C25H26N4O6. The Labute approximate surface area is 202 Å². The molecule has 1 aromatic carbocycles. The molecule has 35 heavy (non-hydrogen) atoms. The number of ether oxygens (including phenoxy) is 5. The van der Waals surface area contributed by atoms with E-state index in [1.165, 1.54) is 0 Å². The highest BCUT2D eigenvalue weighted by molar-refractivity contribution is 5.90. The fourth-order valence-corrected chi connectivity index (χ4v) is 4.75. The van der Waals surface area contributed by atoms with Crippen LogP contribution in [0.3, 0.4) is 0 Å². The highest BCUT2D eigenvalue weighted by Crippen LogP contribution is 2.40. The summed E-state index contributed by atoms with van der Waals surface area (Å²) < 4.78 is 28.0. The van der Waals surface area contributed by atoms with E-state index in [-0.39, 0.29) is 18.1 Å². The second-order valence-electron chi connectivity index (χ2n) is 8.70. The molecule has 6 rings (SSSR count). The Kier molecular flexibility index (Phi) is 5.65. The smallest absolute Gasteiger partial charge is 0.414 e. The molecule has 2 atom stereocenters. The van der Waals surface area contributed by atoms with Crippen molar-refractivity contribution in [1.82, 2.24) is 15.3 Å². The largest absolute Gasteiger partial charge is 0.491 e. The SMILES string of the molecule is COc1ccc2ncc3c(c2n1)[C@@H](CCNCC1CN(c2ccc4c(c2)OCCO4)C(=O)O1)CO3. The molecule has 10 heteroatoms. The van der Waals surface area contributed by atoms with Crippen LogP contribution in [-0.2, 0) is 4.74 Å². The van der Waals surface area contributed by atoms with Crippen molar-refractivity contribution < 1.29 is 28.5 Å². The molecule has 1 amide bonds. The average Bonchev–Trinajstić information content (AvgIpc) is 3.49. The van der Waals surface area contributed by atoms with E-state index in [2.05, 4.69) is 15.3 Å². The van der Waals surface area contributed by atoms with Crippen LogP contribution >= 0.6 is 0 Å². The highest BCUT2D eigenvalue weighted by Gasteiger charge is 2.33. The zero-order valence-corrected chi connectivity index (χ0v) is 19.4. The number of cyclic esters (lactones) is 1. The number of rotatable bonds is 7. The molecule has 182 valence electrons. The van der Waals surface area contributed by atoms with Crippen LogP contribution in [0.2, 0.25) is 0 Å². The number of methoxy groups -OCH3 is 1. The number of hydrogen-bond acceptors (Lipinski definition) is 9. The van der Waals surface area contributed by atoms with Crippen LogP contribution in [0.1, 0.15) is 17.9 Å². The number of carbonyl (C=O) groups excluding carboxylic acids is 1. The van der Waals surface area contributed by atoms with E-state index >= 15 is 0 Å². The quantitative estimate of drug-likeness (QED) is 0.513. The van der Waals surface area contributed by atoms with Crippen LogP contribution in [0, 0.1) is 0 Å². The lowest BCUT2D eigenvalue weighted by atomic mass is 9.97. The van der Waals surface area contributed by atoms with Gasteiger partial charge in [0, 0.05) is 30.2 Å². The number of anilines is 1. The molecule has 0 saturated carbocycles. The predicted octanol–water partition coefficient (Wildman–Crippen LogP) is 2.89. The second kappa shape index (κ2) is 9.10. The third kappa shape index (κ3) is 4.14. The number of aromatic nitrogens is 2. The van der Waals surface area contributed by atoms with Crippen molar-refractivity contribution >= 4 is 22.8 Å². The third-order valence-electron chi connectivity index (χ3n) is 6.50. The first-order valence-electron chi connectivity index (χ1n) is 11.7. The Bertz CT molecular complexity index is 1270. The van der Waals surface area contributed by atoms with Crippen molar-refractivity contribution in [3.8, 4) is 23.1 Å². The summed E-state index contributed by atoms with van der Waals surface area (Å²) in [5, 5.41) is 3.43. The van der Waals surface area contributed by atoms with Crippen molar-refractivity contribution in [2.75, 3.05) is 51.5 Å². The lowest BCUT2D eigenvalue weighted by molar-refractivity contribution is 0.140. The minimum atomic E-state index is -0.356. The van der Waals surface area contributed by atoms with Gasteiger partial charge in [0.1, 0.15) is 30.6 Å². The first kappa shape index (κ1) is 21.7. The number of nitrogens with one attached hydrogen (secondary N) is 1. The van der Waals surface area contributed by atoms with E-state index < -0.39 is 0 Å². The molecule has 1 unspecified atom stereocenters. The van der Waals surface area contributed by atoms with Gasteiger partial charge in [0.15, 0.2) is 11.5 Å². The number of amides is 1. The number of carbonyl (C=O) groups is 1. The van der Waals surface area contributed by atoms with Gasteiger partial charge in [0.2, 0.25) is 5.88 Å². The van der Waals surface area contributed by atoms with E-state index in [4.69, 9.17) is 23.7 Å². The monoisotopic (exact) mass is 478 g/mol. The molecule has 0 bridgehead atoms. The van der Waals surface area contributed by atoms with Gasteiger partial charge in [-0.25, -0.2) is 9.78 Å². The fourth-order valence-electron chi connectivity index (χ4n) is 4.75. The number of nitrogens with zero attached hydrogens (tertiary/aromatic N) is 3. The van der Waals surface area contributed by atoms with E-state index in [0.29, 0.717) is 50.3 Å². The van der Waals surface area contributed by atoms with Gasteiger partial charge in [-0.15, -0.1) is 0 Å². The van der Waals surface area contributed by atoms with Gasteiger partial charge in [-0.3, -0.25) is 9.88 Å². The van der Waals surface area contributed by atoms with Crippen molar-refractivity contribution in [3.05, 3.63) is 42.1 Å². The van der Waals surface area contributed by atoms with Gasteiger partial charge in [0.25, 0.3) is 0 Å². The molecule has 2 aromatic heterocycles. The zero-order valence-electron chi connectivity index (χ0n) is 19.4. The molecule has 1 saturated heterocycles. The standard InChI is InChI=1S/C25H26N4O6/c1-31-22-5-3-18-24(28-22)23-15(14-34-21(23)12-27-18)6-7-26-11-17-13-29(25(30)35-17)16-2-4-19-20(10-16)33-9-8-32-19/h2-5,10,12,15,17,26H,6-9,11,13-14H2,1H3/t15-,17?/m0/s1. The van der Waals surface area contributed by atoms with Crippen molar-refractivity contribution in [2.24, 2.45) is 0 Å². The molecule has 0 radical (unpaired) electrons. The predicted molar refractivity (Wildman–Crippen MR) is 127 cm³/mol. The summed E-state index contributed by atoms with van der Waals surface area (Å²) in [5.41, 5.74) is 3.46. The van der Waals surface area contributed by atoms with Crippen LogP contribution in [-0.4, -0.2) is 68.7 Å². The summed E-state index contributed by atoms with van der Waals surface area (Å²) in [7, 11) is 1.60. The van der Waals surface area contributed by atoms with Crippen LogP contribution < -0.4 is 29.2 Å². The molecule has 1 N–H and O–H groups in total. The minimum Gasteiger partial charge on any atom is -0.491 e. The normalized spacial score (nSPS) is 20.5. The van der Waals surface area contributed by atoms with Gasteiger partial charge >= 0.3 is 6.09 Å². The Morgan fingerprint density at radius 1 is 1.11 bits per heavy atom. The van der Waals surface area contributed by atoms with Gasteiger partial charge in [-0.2, -0.15) is 0 Å². The first-order valence-corrected chi connectivity index (χ1v) is 11.7. The molecule has 3 aliphatic rings. The van der Waals surface area contributed by atoms with Crippen LogP contribution in [0.25, 0.3) is 11.0 Å². The van der Waals surface area contributed by atoms with E-state index in [1.54, 1.807) is 18.2 Å². The summed E-state index contributed by atoms with van der Waals surface area (Å²) in [6.07, 6.45) is 2.03. The minimum absolute atomic E-state index is 0.197. The zero-order chi connectivity index (χ0) is 23.8. The summed E-state index contributed by atoms with van der Waals surface area (Å²) >= 11 is 0. The lowest BCUT2D eigenvalue weighted by Crippen LogP contribution is -2.32. The lowest BCUT2D eigenvalue weighted by Gasteiger charge is -2.21. The molecule has 0 spiro atoms. The molecule has 5 heterocycles. The van der Waals surface area contributed by atoms with Crippen molar-refractivity contribution in [2.45, 2.75) is 18.4 Å². The van der Waals surface area contributed by atoms with E-state index in [1.807, 2.05) is 30.3 Å². The van der Waals surface area contributed by atoms with Crippen LogP contribution in [0.4, 0.5) is 10.5 Å².